The summed E-state index contributed by atoms with van der Waals surface area (Å²) in [6, 6.07) is 6.00. The monoisotopic (exact) mass is 483 g/mol. The Balaban J connectivity index is 0.00000338. The fraction of sp³-hybridized carbons (Fsp3) is 0.400. The predicted octanol–water partition coefficient (Wildman–Crippen LogP) is 1.12. The van der Waals surface area contributed by atoms with Crippen LogP contribution in [0.1, 0.15) is 5.56 Å². The molecule has 2 rings (SSSR count). The van der Waals surface area contributed by atoms with Gasteiger partial charge in [-0.15, -0.1) is 24.0 Å². The third-order valence-corrected chi connectivity index (χ3v) is 3.42. The molecule has 26 heavy (non-hydrogen) atoms. The standard InChI is InChI=1S/C15H19F2N5O3.HI/c1-18-14(19-6-7-22-12(23)9-21-15(22)24)20-8-10-4-2-3-5-11(10)25-13(16)17;/h2-5,13H,6-9H2,1H3,(H,21,24)(H2,18,19,20);1H. The van der Waals surface area contributed by atoms with Crippen molar-refractivity contribution in [3.05, 3.63) is 29.8 Å². The molecule has 0 atom stereocenters. The van der Waals surface area contributed by atoms with E-state index in [-0.39, 0.29) is 55.3 Å². The van der Waals surface area contributed by atoms with Crippen LogP contribution in [0, 0.1) is 0 Å². The molecule has 1 aliphatic rings. The maximum atomic E-state index is 12.4. The number of guanidine groups is 1. The summed E-state index contributed by atoms with van der Waals surface area (Å²) in [5, 5.41) is 8.33. The Labute approximate surface area is 166 Å². The minimum Gasteiger partial charge on any atom is -0.434 e. The minimum atomic E-state index is -2.90. The lowest BCUT2D eigenvalue weighted by molar-refractivity contribution is -0.124. The second kappa shape index (κ2) is 10.7. The smallest absolute Gasteiger partial charge is 0.387 e. The number of aliphatic imine (C=N–C) groups is 1. The lowest BCUT2D eigenvalue weighted by Crippen LogP contribution is -2.43. The van der Waals surface area contributed by atoms with E-state index in [2.05, 4.69) is 25.7 Å². The van der Waals surface area contributed by atoms with Crippen LogP contribution in [0.3, 0.4) is 0 Å². The first-order chi connectivity index (χ1) is 12.0. The first kappa shape index (κ1) is 21.9. The summed E-state index contributed by atoms with van der Waals surface area (Å²) in [6.07, 6.45) is 0. The van der Waals surface area contributed by atoms with Crippen molar-refractivity contribution in [3.63, 3.8) is 0 Å². The molecule has 0 radical (unpaired) electrons. The SMILES string of the molecule is CN=C(NCCN1C(=O)CNC1=O)NCc1ccccc1OC(F)F.I. The average molecular weight is 483 g/mol. The Morgan fingerprint density at radius 2 is 2.08 bits per heavy atom. The van der Waals surface area contributed by atoms with Crippen LogP contribution in [0.15, 0.2) is 29.3 Å². The molecule has 0 unspecified atom stereocenters. The Hall–Kier alpha value is -2.18. The number of nitrogens with one attached hydrogen (secondary N) is 3. The van der Waals surface area contributed by atoms with Crippen LogP contribution in [-0.2, 0) is 11.3 Å². The van der Waals surface area contributed by atoms with Gasteiger partial charge in [0.2, 0.25) is 5.91 Å². The number of hydrogen-bond donors (Lipinski definition) is 3. The number of benzene rings is 1. The van der Waals surface area contributed by atoms with Crippen LogP contribution >= 0.6 is 24.0 Å². The van der Waals surface area contributed by atoms with E-state index < -0.39 is 12.6 Å². The van der Waals surface area contributed by atoms with Crippen LogP contribution in [-0.4, -0.2) is 56.1 Å². The molecule has 3 amide bonds. The van der Waals surface area contributed by atoms with Gasteiger partial charge in [0, 0.05) is 32.2 Å². The number of halogens is 3. The molecular formula is C15H20F2IN5O3. The summed E-state index contributed by atoms with van der Waals surface area (Å²) in [4.78, 5) is 28.0. The number of nitrogens with zero attached hydrogens (tertiary/aromatic N) is 2. The van der Waals surface area contributed by atoms with Crippen molar-refractivity contribution in [2.45, 2.75) is 13.2 Å². The van der Waals surface area contributed by atoms with Gasteiger partial charge in [-0.1, -0.05) is 18.2 Å². The van der Waals surface area contributed by atoms with E-state index in [1.165, 1.54) is 6.07 Å². The summed E-state index contributed by atoms with van der Waals surface area (Å²) in [7, 11) is 1.55. The molecule has 1 aromatic carbocycles. The lowest BCUT2D eigenvalue weighted by Gasteiger charge is -2.16. The summed E-state index contributed by atoms with van der Waals surface area (Å²) in [5.41, 5.74) is 0.542. The zero-order valence-corrected chi connectivity index (χ0v) is 16.3. The minimum absolute atomic E-state index is 0. The van der Waals surface area contributed by atoms with Gasteiger partial charge in [-0.25, -0.2) is 4.79 Å². The Kier molecular flexibility index (Phi) is 9.02. The number of hydrogen-bond acceptors (Lipinski definition) is 4. The second-order valence-corrected chi connectivity index (χ2v) is 5.04. The third-order valence-electron chi connectivity index (χ3n) is 3.42. The van der Waals surface area contributed by atoms with Gasteiger partial charge in [0.05, 0.1) is 6.54 Å². The van der Waals surface area contributed by atoms with Crippen LogP contribution < -0.4 is 20.7 Å². The number of carbonyl (C=O) groups excluding carboxylic acids is 2. The zero-order chi connectivity index (χ0) is 18.2. The van der Waals surface area contributed by atoms with Crippen molar-refractivity contribution in [2.24, 2.45) is 4.99 Å². The van der Waals surface area contributed by atoms with Crippen molar-refractivity contribution in [2.75, 3.05) is 26.7 Å². The van der Waals surface area contributed by atoms with E-state index >= 15 is 0 Å². The maximum absolute atomic E-state index is 12.4. The van der Waals surface area contributed by atoms with Crippen molar-refractivity contribution < 1.29 is 23.1 Å². The van der Waals surface area contributed by atoms with Gasteiger partial charge in [-0.05, 0) is 6.07 Å². The molecule has 0 aliphatic carbocycles. The summed E-state index contributed by atoms with van der Waals surface area (Å²) in [5.74, 6) is 0.200. The predicted molar refractivity (Wildman–Crippen MR) is 102 cm³/mol. The van der Waals surface area contributed by atoms with Gasteiger partial charge >= 0.3 is 12.6 Å². The molecule has 0 aromatic heterocycles. The number of amides is 3. The van der Waals surface area contributed by atoms with Crippen LogP contribution in [0.2, 0.25) is 0 Å². The normalized spacial score (nSPS) is 14.2. The highest BCUT2D eigenvalue weighted by atomic mass is 127. The van der Waals surface area contributed by atoms with Crippen LogP contribution in [0.4, 0.5) is 13.6 Å². The van der Waals surface area contributed by atoms with E-state index in [4.69, 9.17) is 0 Å². The topological polar surface area (TPSA) is 95.1 Å². The molecule has 1 fully saturated rings. The molecule has 1 saturated heterocycles. The second-order valence-electron chi connectivity index (χ2n) is 5.04. The Morgan fingerprint density at radius 3 is 2.69 bits per heavy atom. The molecule has 0 spiro atoms. The number of ether oxygens (including phenoxy) is 1. The van der Waals surface area contributed by atoms with Gasteiger partial charge < -0.3 is 20.7 Å². The molecule has 11 heteroatoms. The van der Waals surface area contributed by atoms with E-state index in [1.807, 2.05) is 0 Å². The number of imide groups is 1. The number of rotatable bonds is 7. The Bertz CT molecular complexity index is 644. The van der Waals surface area contributed by atoms with E-state index in [9.17, 15) is 18.4 Å². The first-order valence-corrected chi connectivity index (χ1v) is 7.56. The number of para-hydroxylation sites is 1. The fourth-order valence-corrected chi connectivity index (χ4v) is 2.23. The highest BCUT2D eigenvalue weighted by Gasteiger charge is 2.27. The first-order valence-electron chi connectivity index (χ1n) is 7.56. The molecule has 0 bridgehead atoms. The zero-order valence-electron chi connectivity index (χ0n) is 14.0. The van der Waals surface area contributed by atoms with Gasteiger partial charge in [0.15, 0.2) is 5.96 Å². The summed E-state index contributed by atoms with van der Waals surface area (Å²) >= 11 is 0. The molecule has 8 nitrogen and oxygen atoms in total. The fourth-order valence-electron chi connectivity index (χ4n) is 2.23. The van der Waals surface area contributed by atoms with Gasteiger partial charge in [-0.2, -0.15) is 8.78 Å². The number of urea groups is 1. The van der Waals surface area contributed by atoms with E-state index in [1.54, 1.807) is 25.2 Å². The average Bonchev–Trinajstić information content (AvgIpc) is 2.90. The molecule has 1 aliphatic heterocycles. The lowest BCUT2D eigenvalue weighted by atomic mass is 10.2. The maximum Gasteiger partial charge on any atom is 0.387 e. The van der Waals surface area contributed by atoms with Crippen molar-refractivity contribution in [1.82, 2.24) is 20.9 Å². The summed E-state index contributed by atoms with van der Waals surface area (Å²) < 4.78 is 29.3. The largest absolute Gasteiger partial charge is 0.434 e. The molecule has 3 N–H and O–H groups in total. The highest BCUT2D eigenvalue weighted by Crippen LogP contribution is 2.19. The molecule has 1 aromatic rings. The van der Waals surface area contributed by atoms with E-state index in [0.717, 1.165) is 4.90 Å². The number of carbonyl (C=O) groups is 2. The Morgan fingerprint density at radius 1 is 1.35 bits per heavy atom. The molecule has 1 heterocycles. The van der Waals surface area contributed by atoms with Crippen LogP contribution in [0.25, 0.3) is 0 Å². The number of alkyl halides is 2. The quantitative estimate of drug-likeness (QED) is 0.234. The molecular weight excluding hydrogens is 463 g/mol. The third kappa shape index (κ3) is 6.28. The highest BCUT2D eigenvalue weighted by molar-refractivity contribution is 14.0. The molecule has 0 saturated carbocycles. The van der Waals surface area contributed by atoms with Crippen molar-refractivity contribution in [1.29, 1.82) is 0 Å². The van der Waals surface area contributed by atoms with Gasteiger partial charge in [-0.3, -0.25) is 14.7 Å². The van der Waals surface area contributed by atoms with Gasteiger partial charge in [0.1, 0.15) is 5.75 Å². The van der Waals surface area contributed by atoms with Gasteiger partial charge in [0.25, 0.3) is 0 Å². The van der Waals surface area contributed by atoms with Crippen LogP contribution in [0.5, 0.6) is 5.75 Å². The molecule has 144 valence electrons. The van der Waals surface area contributed by atoms with Crippen molar-refractivity contribution >= 4 is 41.9 Å². The summed E-state index contributed by atoms with van der Waals surface area (Å²) in [6.45, 7) is -2.19. The van der Waals surface area contributed by atoms with E-state index in [0.29, 0.717) is 18.1 Å². The van der Waals surface area contributed by atoms with Crippen molar-refractivity contribution in [3.8, 4) is 5.75 Å².